The summed E-state index contributed by atoms with van der Waals surface area (Å²) in [4.78, 5) is 12.8. The Bertz CT molecular complexity index is 1160. The number of anilines is 1. The first-order valence-corrected chi connectivity index (χ1v) is 12.1. The first-order chi connectivity index (χ1) is 15.7. The fraction of sp³-hybridized carbons (Fsp3) is 0.333. The first-order valence-electron chi connectivity index (χ1n) is 10.7. The van der Waals surface area contributed by atoms with Gasteiger partial charge < -0.3 is 14.6 Å². The summed E-state index contributed by atoms with van der Waals surface area (Å²) in [6.07, 6.45) is 1.54. The average Bonchev–Trinajstić information content (AvgIpc) is 3.15. The largest absolute Gasteiger partial charge is 0.497 e. The summed E-state index contributed by atoms with van der Waals surface area (Å²) in [5, 5.41) is 6.68. The maximum absolute atomic E-state index is 13.5. The Hall–Kier alpha value is -3.33. The molecule has 0 unspecified atom stereocenters. The molecule has 1 atom stereocenters. The third-order valence-electron chi connectivity index (χ3n) is 5.28. The van der Waals surface area contributed by atoms with Crippen molar-refractivity contribution >= 4 is 21.6 Å². The monoisotopic (exact) mass is 471 g/mol. The van der Waals surface area contributed by atoms with Crippen molar-refractivity contribution in [2.45, 2.75) is 44.6 Å². The van der Waals surface area contributed by atoms with Crippen LogP contribution in [-0.2, 0) is 21.2 Å². The Morgan fingerprint density at radius 3 is 2.36 bits per heavy atom. The van der Waals surface area contributed by atoms with Crippen LogP contribution in [0, 0.1) is 13.8 Å². The molecule has 0 saturated carbocycles. The van der Waals surface area contributed by atoms with Gasteiger partial charge in [0.15, 0.2) is 10.7 Å². The number of hydrogen-bond acceptors (Lipinski definition) is 6. The number of carbonyl (C=O) groups excluding carboxylic acids is 1. The highest BCUT2D eigenvalue weighted by molar-refractivity contribution is 7.93. The van der Waals surface area contributed by atoms with Crippen molar-refractivity contribution in [3.63, 3.8) is 0 Å². The molecule has 1 heterocycles. The zero-order valence-electron chi connectivity index (χ0n) is 19.2. The fourth-order valence-corrected chi connectivity index (χ4v) is 5.29. The molecular formula is C24H29N3O5S. The van der Waals surface area contributed by atoms with Gasteiger partial charge in [-0.25, -0.2) is 8.42 Å². The van der Waals surface area contributed by atoms with E-state index in [2.05, 4.69) is 10.5 Å². The van der Waals surface area contributed by atoms with Gasteiger partial charge >= 0.3 is 0 Å². The Labute approximate surface area is 194 Å². The lowest BCUT2D eigenvalue weighted by Gasteiger charge is -2.25. The van der Waals surface area contributed by atoms with Crippen LogP contribution in [-0.4, -0.2) is 39.2 Å². The highest BCUT2D eigenvalue weighted by Gasteiger charge is 2.33. The molecule has 0 fully saturated rings. The van der Waals surface area contributed by atoms with Crippen molar-refractivity contribution in [3.8, 4) is 5.75 Å². The number of rotatable bonds is 10. The number of nitrogens with zero attached hydrogens (tertiary/aromatic N) is 2. The van der Waals surface area contributed by atoms with E-state index in [1.54, 1.807) is 31.2 Å². The molecule has 3 rings (SSSR count). The molecule has 1 N–H and O–H groups in total. The van der Waals surface area contributed by atoms with Crippen LogP contribution < -0.4 is 14.4 Å². The summed E-state index contributed by atoms with van der Waals surface area (Å²) >= 11 is 0. The minimum atomic E-state index is -4.10. The van der Waals surface area contributed by atoms with E-state index in [-0.39, 0.29) is 28.9 Å². The van der Waals surface area contributed by atoms with Crippen LogP contribution in [0.1, 0.15) is 30.4 Å². The molecule has 2 aromatic carbocycles. The molecule has 0 radical (unpaired) electrons. The minimum absolute atomic E-state index is 0.0387. The van der Waals surface area contributed by atoms with Gasteiger partial charge in [-0.15, -0.1) is 0 Å². The fourth-order valence-electron chi connectivity index (χ4n) is 3.57. The maximum Gasteiger partial charge on any atom is 0.270 e. The molecular weight excluding hydrogens is 442 g/mol. The van der Waals surface area contributed by atoms with Gasteiger partial charge in [-0.05, 0) is 63.4 Å². The molecule has 0 bridgehead atoms. The summed E-state index contributed by atoms with van der Waals surface area (Å²) in [6.45, 7) is 4.61. The molecule has 3 aromatic rings. The van der Waals surface area contributed by atoms with E-state index < -0.39 is 15.9 Å². The van der Waals surface area contributed by atoms with Gasteiger partial charge in [-0.1, -0.05) is 35.5 Å². The SMILES string of the molecule is COc1ccc(N(CC(=O)N[C@H](C)CCc2ccccc2)S(=O)(=O)c2c(C)noc2C)cc1. The van der Waals surface area contributed by atoms with Gasteiger partial charge in [-0.3, -0.25) is 9.10 Å². The number of nitrogens with one attached hydrogen (secondary N) is 1. The van der Waals surface area contributed by atoms with Gasteiger partial charge in [0.1, 0.15) is 18.0 Å². The molecule has 0 saturated heterocycles. The number of sulfonamides is 1. The lowest BCUT2D eigenvalue weighted by atomic mass is 10.1. The van der Waals surface area contributed by atoms with Crippen LogP contribution >= 0.6 is 0 Å². The van der Waals surface area contributed by atoms with Crippen LogP contribution in [0.2, 0.25) is 0 Å². The van der Waals surface area contributed by atoms with Crippen molar-refractivity contribution < 1.29 is 22.5 Å². The van der Waals surface area contributed by atoms with E-state index in [9.17, 15) is 13.2 Å². The van der Waals surface area contributed by atoms with Crippen LogP contribution in [0.3, 0.4) is 0 Å². The predicted octanol–water partition coefficient (Wildman–Crippen LogP) is 3.63. The number of amides is 1. The molecule has 0 aliphatic carbocycles. The number of aryl methyl sites for hydroxylation is 3. The van der Waals surface area contributed by atoms with E-state index in [1.807, 2.05) is 37.3 Å². The van der Waals surface area contributed by atoms with Crippen LogP contribution in [0.4, 0.5) is 5.69 Å². The van der Waals surface area contributed by atoms with E-state index in [0.717, 1.165) is 17.1 Å². The van der Waals surface area contributed by atoms with Gasteiger partial charge in [-0.2, -0.15) is 0 Å². The van der Waals surface area contributed by atoms with Gasteiger partial charge in [0, 0.05) is 6.04 Å². The van der Waals surface area contributed by atoms with E-state index >= 15 is 0 Å². The second-order valence-electron chi connectivity index (χ2n) is 7.86. The Morgan fingerprint density at radius 2 is 1.79 bits per heavy atom. The van der Waals surface area contributed by atoms with Crippen molar-refractivity contribution in [1.82, 2.24) is 10.5 Å². The average molecular weight is 472 g/mol. The molecule has 176 valence electrons. The molecule has 33 heavy (non-hydrogen) atoms. The molecule has 9 heteroatoms. The summed E-state index contributed by atoms with van der Waals surface area (Å²) in [7, 11) is -2.58. The van der Waals surface area contributed by atoms with Crippen molar-refractivity contribution in [2.24, 2.45) is 0 Å². The van der Waals surface area contributed by atoms with Crippen molar-refractivity contribution in [1.29, 1.82) is 0 Å². The Morgan fingerprint density at radius 1 is 1.12 bits per heavy atom. The number of benzene rings is 2. The van der Waals surface area contributed by atoms with Crippen LogP contribution in [0.15, 0.2) is 64.0 Å². The second kappa shape index (κ2) is 10.5. The first kappa shape index (κ1) is 24.3. The number of hydrogen-bond donors (Lipinski definition) is 1. The van der Waals surface area contributed by atoms with Gasteiger partial charge in [0.05, 0.1) is 12.8 Å². The highest BCUT2D eigenvalue weighted by Crippen LogP contribution is 2.29. The lowest BCUT2D eigenvalue weighted by molar-refractivity contribution is -0.120. The van der Waals surface area contributed by atoms with E-state index in [4.69, 9.17) is 9.26 Å². The molecule has 0 aliphatic heterocycles. The molecule has 8 nitrogen and oxygen atoms in total. The number of carbonyl (C=O) groups is 1. The molecule has 0 aliphatic rings. The molecule has 1 aromatic heterocycles. The predicted molar refractivity (Wildman–Crippen MR) is 126 cm³/mol. The zero-order valence-corrected chi connectivity index (χ0v) is 20.1. The quantitative estimate of drug-likeness (QED) is 0.484. The summed E-state index contributed by atoms with van der Waals surface area (Å²) < 4.78 is 38.4. The van der Waals surface area contributed by atoms with Crippen LogP contribution in [0.25, 0.3) is 0 Å². The smallest absolute Gasteiger partial charge is 0.270 e. The van der Waals surface area contributed by atoms with E-state index in [0.29, 0.717) is 11.4 Å². The summed E-state index contributed by atoms with van der Waals surface area (Å²) in [5.74, 6) is 0.344. The van der Waals surface area contributed by atoms with Gasteiger partial charge in [0.2, 0.25) is 5.91 Å². The minimum Gasteiger partial charge on any atom is -0.497 e. The topological polar surface area (TPSA) is 102 Å². The van der Waals surface area contributed by atoms with E-state index in [1.165, 1.54) is 19.6 Å². The Balaban J connectivity index is 1.79. The van der Waals surface area contributed by atoms with Crippen molar-refractivity contribution in [2.75, 3.05) is 18.0 Å². The molecule has 0 spiro atoms. The summed E-state index contributed by atoms with van der Waals surface area (Å²) in [5.41, 5.74) is 1.75. The van der Waals surface area contributed by atoms with Gasteiger partial charge in [0.25, 0.3) is 10.0 Å². The number of ether oxygens (including phenoxy) is 1. The second-order valence-corrected chi connectivity index (χ2v) is 9.65. The lowest BCUT2D eigenvalue weighted by Crippen LogP contribution is -2.44. The molecule has 1 amide bonds. The Kier molecular flexibility index (Phi) is 7.75. The number of aromatic nitrogens is 1. The van der Waals surface area contributed by atoms with Crippen molar-refractivity contribution in [3.05, 3.63) is 71.6 Å². The zero-order chi connectivity index (χ0) is 24.0. The maximum atomic E-state index is 13.5. The number of methoxy groups -OCH3 is 1. The summed E-state index contributed by atoms with van der Waals surface area (Å²) in [6, 6.07) is 16.3. The highest BCUT2D eigenvalue weighted by atomic mass is 32.2. The third kappa shape index (κ3) is 5.92. The third-order valence-corrected chi connectivity index (χ3v) is 7.30. The normalized spacial score (nSPS) is 12.2. The standard InChI is InChI=1S/C24H29N3O5S/c1-17(10-11-20-8-6-5-7-9-20)25-23(28)16-27(21-12-14-22(31-4)15-13-21)33(29,30)24-18(2)26-32-19(24)3/h5-9,12-15,17H,10-11,16H2,1-4H3,(H,25,28)/t17-/m1/s1. The van der Waals surface area contributed by atoms with Crippen LogP contribution in [0.5, 0.6) is 5.75 Å².